The third-order valence-electron chi connectivity index (χ3n) is 4.62. The number of hydrogen-bond donors (Lipinski definition) is 1. The van der Waals surface area contributed by atoms with Crippen LogP contribution >= 0.6 is 0 Å². The molecule has 1 saturated heterocycles. The Morgan fingerprint density at radius 1 is 1.04 bits per heavy atom. The van der Waals surface area contributed by atoms with E-state index in [0.717, 1.165) is 11.1 Å². The molecular weight excluding hydrogens is 332 g/mol. The third kappa shape index (κ3) is 3.60. The maximum Gasteiger partial charge on any atom is 0.324 e. The smallest absolute Gasteiger partial charge is 0.324 e. The maximum atomic E-state index is 12.7. The molecule has 0 radical (unpaired) electrons. The maximum absolute atomic E-state index is 12.7. The Morgan fingerprint density at radius 2 is 1.58 bits per heavy atom. The van der Waals surface area contributed by atoms with Crippen molar-refractivity contribution in [1.82, 2.24) is 5.32 Å². The number of esters is 1. The number of hydrogen-bond acceptors (Lipinski definition) is 5. The molecular formula is C20H22N2O4. The van der Waals surface area contributed by atoms with Crippen LogP contribution in [0.25, 0.3) is 0 Å². The van der Waals surface area contributed by atoms with Crippen LogP contribution in [-0.4, -0.2) is 29.1 Å². The summed E-state index contributed by atoms with van der Waals surface area (Å²) >= 11 is 0. The van der Waals surface area contributed by atoms with E-state index in [1.165, 1.54) is 0 Å². The average Bonchev–Trinajstić information content (AvgIpc) is 3.03. The van der Waals surface area contributed by atoms with Crippen molar-refractivity contribution in [2.24, 2.45) is 0 Å². The van der Waals surface area contributed by atoms with E-state index in [1.54, 1.807) is 13.8 Å². The van der Waals surface area contributed by atoms with Crippen LogP contribution in [0, 0.1) is 10.1 Å². The summed E-state index contributed by atoms with van der Waals surface area (Å²) in [6.45, 7) is 3.54. The SMILES string of the molecule is CC(C)OC(=O)[C@H]1N[C@@H](c2ccccc2)[C@H]([N+](=O)[O-])[C@H]1c1ccccc1. The van der Waals surface area contributed by atoms with Crippen LogP contribution in [0.5, 0.6) is 0 Å². The number of ether oxygens (including phenoxy) is 1. The summed E-state index contributed by atoms with van der Waals surface area (Å²) in [7, 11) is 0. The Kier molecular flexibility index (Phi) is 5.32. The normalized spacial score (nSPS) is 25.2. The van der Waals surface area contributed by atoms with Gasteiger partial charge in [-0.1, -0.05) is 60.7 Å². The summed E-state index contributed by atoms with van der Waals surface area (Å²) in [4.78, 5) is 24.4. The van der Waals surface area contributed by atoms with Crippen LogP contribution in [0.3, 0.4) is 0 Å². The van der Waals surface area contributed by atoms with Gasteiger partial charge < -0.3 is 4.74 Å². The Labute approximate surface area is 152 Å². The Morgan fingerprint density at radius 3 is 2.08 bits per heavy atom. The van der Waals surface area contributed by atoms with E-state index in [9.17, 15) is 14.9 Å². The van der Waals surface area contributed by atoms with Gasteiger partial charge in [-0.15, -0.1) is 0 Å². The van der Waals surface area contributed by atoms with Crippen LogP contribution in [0.2, 0.25) is 0 Å². The first-order valence-corrected chi connectivity index (χ1v) is 8.69. The fraction of sp³-hybridized carbons (Fsp3) is 0.350. The van der Waals surface area contributed by atoms with Gasteiger partial charge in [-0.05, 0) is 25.0 Å². The highest BCUT2D eigenvalue weighted by molar-refractivity contribution is 5.78. The lowest BCUT2D eigenvalue weighted by atomic mass is 9.85. The number of rotatable bonds is 5. The van der Waals surface area contributed by atoms with Crippen molar-refractivity contribution in [3.8, 4) is 0 Å². The lowest BCUT2D eigenvalue weighted by Crippen LogP contribution is -2.38. The van der Waals surface area contributed by atoms with E-state index < -0.39 is 30.0 Å². The van der Waals surface area contributed by atoms with E-state index in [1.807, 2.05) is 60.7 Å². The van der Waals surface area contributed by atoms with Crippen LogP contribution in [0.4, 0.5) is 0 Å². The highest BCUT2D eigenvalue weighted by Crippen LogP contribution is 2.40. The summed E-state index contributed by atoms with van der Waals surface area (Å²) in [6, 6.07) is 16.1. The van der Waals surface area contributed by atoms with Crippen molar-refractivity contribution in [1.29, 1.82) is 0 Å². The van der Waals surface area contributed by atoms with Crippen molar-refractivity contribution >= 4 is 5.97 Å². The standard InChI is InChI=1S/C20H22N2O4/c1-13(2)26-20(23)18-16(14-9-5-3-6-10-14)19(22(24)25)17(21-18)15-11-7-4-8-12-15/h3-13,16-19,21H,1-2H3/t16-,17-,18-,19+/m0/s1. The molecule has 1 fully saturated rings. The van der Waals surface area contributed by atoms with Gasteiger partial charge >= 0.3 is 5.97 Å². The third-order valence-corrected chi connectivity index (χ3v) is 4.62. The molecule has 0 unspecified atom stereocenters. The quantitative estimate of drug-likeness (QED) is 0.507. The number of nitrogens with one attached hydrogen (secondary N) is 1. The minimum atomic E-state index is -0.968. The Hall–Kier alpha value is -2.73. The molecule has 6 heteroatoms. The molecule has 26 heavy (non-hydrogen) atoms. The number of nitrogens with zero attached hydrogens (tertiary/aromatic N) is 1. The van der Waals surface area contributed by atoms with Crippen molar-refractivity contribution in [3.63, 3.8) is 0 Å². The van der Waals surface area contributed by atoms with Gasteiger partial charge in [-0.2, -0.15) is 0 Å². The molecule has 0 spiro atoms. The fourth-order valence-electron chi connectivity index (χ4n) is 3.59. The zero-order valence-corrected chi connectivity index (χ0v) is 14.7. The Balaban J connectivity index is 2.04. The van der Waals surface area contributed by atoms with Crippen LogP contribution < -0.4 is 5.32 Å². The molecule has 6 nitrogen and oxygen atoms in total. The van der Waals surface area contributed by atoms with Gasteiger partial charge in [-0.25, -0.2) is 0 Å². The predicted octanol–water partition coefficient (Wildman–Crippen LogP) is 3.08. The second kappa shape index (κ2) is 7.66. The van der Waals surface area contributed by atoms with Crippen LogP contribution in [0.1, 0.15) is 36.9 Å². The van der Waals surface area contributed by atoms with Crippen molar-refractivity contribution in [2.75, 3.05) is 0 Å². The highest BCUT2D eigenvalue weighted by Gasteiger charge is 2.55. The van der Waals surface area contributed by atoms with Crippen LogP contribution in [-0.2, 0) is 9.53 Å². The fourth-order valence-corrected chi connectivity index (χ4v) is 3.59. The van der Waals surface area contributed by atoms with Gasteiger partial charge in [0.15, 0.2) is 0 Å². The van der Waals surface area contributed by atoms with Crippen LogP contribution in [0.15, 0.2) is 60.7 Å². The monoisotopic (exact) mass is 354 g/mol. The van der Waals surface area contributed by atoms with Gasteiger partial charge in [0.25, 0.3) is 0 Å². The molecule has 3 rings (SSSR count). The second-order valence-electron chi connectivity index (χ2n) is 6.73. The average molecular weight is 354 g/mol. The summed E-state index contributed by atoms with van der Waals surface area (Å²) in [5, 5.41) is 15.1. The second-order valence-corrected chi connectivity index (χ2v) is 6.73. The van der Waals surface area contributed by atoms with E-state index in [0.29, 0.717) is 0 Å². The minimum Gasteiger partial charge on any atom is -0.462 e. The lowest BCUT2D eigenvalue weighted by molar-refractivity contribution is -0.527. The minimum absolute atomic E-state index is 0.287. The first-order valence-electron chi connectivity index (χ1n) is 8.69. The molecule has 1 aliphatic heterocycles. The van der Waals surface area contributed by atoms with Gasteiger partial charge in [0.05, 0.1) is 12.0 Å². The Bertz CT molecular complexity index is 764. The molecule has 1 aliphatic rings. The van der Waals surface area contributed by atoms with E-state index >= 15 is 0 Å². The molecule has 0 aromatic heterocycles. The molecule has 0 amide bonds. The molecule has 1 N–H and O–H groups in total. The lowest BCUT2D eigenvalue weighted by Gasteiger charge is -2.20. The van der Waals surface area contributed by atoms with Crippen molar-refractivity contribution in [3.05, 3.63) is 81.9 Å². The first-order chi connectivity index (χ1) is 12.5. The topological polar surface area (TPSA) is 81.5 Å². The molecule has 2 aromatic rings. The summed E-state index contributed by atoms with van der Waals surface area (Å²) < 4.78 is 5.37. The summed E-state index contributed by atoms with van der Waals surface area (Å²) in [6.07, 6.45) is -0.287. The van der Waals surface area contributed by atoms with Crippen molar-refractivity contribution < 1.29 is 14.5 Å². The van der Waals surface area contributed by atoms with E-state index in [4.69, 9.17) is 4.74 Å². The van der Waals surface area contributed by atoms with Gasteiger partial charge in [0.1, 0.15) is 12.1 Å². The van der Waals surface area contributed by atoms with E-state index in [-0.39, 0.29) is 11.0 Å². The first kappa shape index (κ1) is 18.1. The van der Waals surface area contributed by atoms with Crippen molar-refractivity contribution in [2.45, 2.75) is 44.0 Å². The molecule has 136 valence electrons. The zero-order valence-electron chi connectivity index (χ0n) is 14.7. The number of carbonyl (C=O) groups is 1. The van der Waals surface area contributed by atoms with Gasteiger partial charge in [-0.3, -0.25) is 20.2 Å². The highest BCUT2D eigenvalue weighted by atomic mass is 16.6. The molecule has 0 saturated carbocycles. The largest absolute Gasteiger partial charge is 0.462 e. The molecule has 1 heterocycles. The summed E-state index contributed by atoms with van der Waals surface area (Å²) in [5.41, 5.74) is 1.54. The van der Waals surface area contributed by atoms with Gasteiger partial charge in [0, 0.05) is 4.92 Å². The van der Waals surface area contributed by atoms with E-state index in [2.05, 4.69) is 5.32 Å². The molecule has 4 atom stereocenters. The molecule has 2 aromatic carbocycles. The zero-order chi connectivity index (χ0) is 18.7. The summed E-state index contributed by atoms with van der Waals surface area (Å²) in [5.74, 6) is -1.07. The number of nitro groups is 1. The number of carbonyl (C=O) groups excluding carboxylic acids is 1. The number of benzene rings is 2. The molecule has 0 aliphatic carbocycles. The molecule has 0 bridgehead atoms. The van der Waals surface area contributed by atoms with Gasteiger partial charge in [0.2, 0.25) is 6.04 Å². The predicted molar refractivity (Wildman–Crippen MR) is 97.3 cm³/mol.